The van der Waals surface area contributed by atoms with Crippen molar-refractivity contribution in [1.82, 2.24) is 0 Å². The summed E-state index contributed by atoms with van der Waals surface area (Å²) in [6.07, 6.45) is -3.71. The van der Waals surface area contributed by atoms with Crippen molar-refractivity contribution < 1.29 is 22.7 Å². The third-order valence-electron chi connectivity index (χ3n) is 2.12. The average molecular weight is 296 g/mol. The molecule has 0 spiro atoms. The summed E-state index contributed by atoms with van der Waals surface area (Å²) >= 11 is 5.58. The summed E-state index contributed by atoms with van der Waals surface area (Å²) in [5.74, 6) is -0.133. The second-order valence-corrected chi connectivity index (χ2v) is 4.17. The van der Waals surface area contributed by atoms with Gasteiger partial charge in [0.1, 0.15) is 13.2 Å². The Morgan fingerprint density at radius 3 is 2.42 bits per heavy atom. The Kier molecular flexibility index (Phi) is 6.11. The molecule has 1 amide bonds. The van der Waals surface area contributed by atoms with Crippen LogP contribution in [0.25, 0.3) is 0 Å². The molecule has 19 heavy (non-hydrogen) atoms. The molecule has 0 aliphatic heterocycles. The molecule has 0 aliphatic rings. The predicted octanol–water partition coefficient (Wildman–Crippen LogP) is 2.99. The van der Waals surface area contributed by atoms with Gasteiger partial charge in [0.05, 0.1) is 0 Å². The van der Waals surface area contributed by atoms with E-state index < -0.39 is 25.3 Å². The van der Waals surface area contributed by atoms with Gasteiger partial charge in [-0.1, -0.05) is 12.1 Å². The molecule has 0 heterocycles. The van der Waals surface area contributed by atoms with Gasteiger partial charge in [-0.15, -0.1) is 11.6 Å². The van der Waals surface area contributed by atoms with Crippen LogP contribution >= 0.6 is 11.6 Å². The maximum absolute atomic E-state index is 11.8. The molecule has 3 nitrogen and oxygen atoms in total. The zero-order chi connectivity index (χ0) is 14.3. The first-order valence-electron chi connectivity index (χ1n) is 5.50. The van der Waals surface area contributed by atoms with Gasteiger partial charge in [-0.05, 0) is 24.1 Å². The molecule has 0 saturated carbocycles. The molecule has 0 fully saturated rings. The van der Waals surface area contributed by atoms with E-state index in [1.807, 2.05) is 0 Å². The number of rotatable bonds is 6. The van der Waals surface area contributed by atoms with Gasteiger partial charge in [0.25, 0.3) is 0 Å². The van der Waals surface area contributed by atoms with Crippen molar-refractivity contribution in [2.45, 2.75) is 12.6 Å². The van der Waals surface area contributed by atoms with Crippen LogP contribution in [0.4, 0.5) is 18.9 Å². The zero-order valence-electron chi connectivity index (χ0n) is 9.97. The summed E-state index contributed by atoms with van der Waals surface area (Å²) in [7, 11) is 0. The summed E-state index contributed by atoms with van der Waals surface area (Å²) in [5, 5.41) is 2.43. The Morgan fingerprint density at radius 1 is 1.26 bits per heavy atom. The second kappa shape index (κ2) is 7.35. The minimum atomic E-state index is -4.43. The lowest BCUT2D eigenvalue weighted by Gasteiger charge is -2.08. The van der Waals surface area contributed by atoms with Gasteiger partial charge < -0.3 is 10.1 Å². The van der Waals surface area contributed by atoms with E-state index in [1.54, 1.807) is 24.3 Å². The smallest absolute Gasteiger partial charge is 0.362 e. The Labute approximate surface area is 113 Å². The SMILES string of the molecule is O=C(COCC(F)(F)F)Nc1ccc(CCCl)cc1. The fourth-order valence-electron chi connectivity index (χ4n) is 1.32. The van der Waals surface area contributed by atoms with Crippen molar-refractivity contribution >= 4 is 23.2 Å². The van der Waals surface area contributed by atoms with Gasteiger partial charge in [0.15, 0.2) is 0 Å². The van der Waals surface area contributed by atoms with Crippen LogP contribution < -0.4 is 5.32 Å². The first-order chi connectivity index (χ1) is 8.90. The molecule has 0 aliphatic carbocycles. The minimum Gasteiger partial charge on any atom is -0.362 e. The largest absolute Gasteiger partial charge is 0.411 e. The number of halogens is 4. The molecule has 1 aromatic carbocycles. The van der Waals surface area contributed by atoms with Crippen molar-refractivity contribution in [1.29, 1.82) is 0 Å². The number of carbonyl (C=O) groups excluding carboxylic acids is 1. The maximum atomic E-state index is 11.8. The highest BCUT2D eigenvalue weighted by atomic mass is 35.5. The third kappa shape index (κ3) is 7.03. The number of alkyl halides is 4. The topological polar surface area (TPSA) is 38.3 Å². The van der Waals surface area contributed by atoms with Gasteiger partial charge >= 0.3 is 6.18 Å². The van der Waals surface area contributed by atoms with E-state index in [1.165, 1.54) is 0 Å². The Morgan fingerprint density at radius 2 is 1.89 bits per heavy atom. The number of anilines is 1. The summed E-state index contributed by atoms with van der Waals surface area (Å²) < 4.78 is 39.6. The van der Waals surface area contributed by atoms with E-state index in [0.717, 1.165) is 5.56 Å². The first-order valence-corrected chi connectivity index (χ1v) is 6.03. The van der Waals surface area contributed by atoms with Crippen LogP contribution in [-0.4, -0.2) is 31.2 Å². The van der Waals surface area contributed by atoms with Crippen LogP contribution in [0.5, 0.6) is 0 Å². The van der Waals surface area contributed by atoms with Gasteiger partial charge in [-0.3, -0.25) is 4.79 Å². The number of benzene rings is 1. The number of hydrogen-bond acceptors (Lipinski definition) is 2. The maximum Gasteiger partial charge on any atom is 0.411 e. The molecule has 1 aromatic rings. The molecule has 0 atom stereocenters. The van der Waals surface area contributed by atoms with E-state index in [0.29, 0.717) is 18.0 Å². The van der Waals surface area contributed by atoms with Gasteiger partial charge in [-0.25, -0.2) is 0 Å². The zero-order valence-corrected chi connectivity index (χ0v) is 10.7. The number of nitrogens with one attached hydrogen (secondary N) is 1. The lowest BCUT2D eigenvalue weighted by atomic mass is 10.1. The average Bonchev–Trinajstić information content (AvgIpc) is 2.30. The van der Waals surface area contributed by atoms with Crippen molar-refractivity contribution in [2.75, 3.05) is 24.4 Å². The Balaban J connectivity index is 2.35. The van der Waals surface area contributed by atoms with Crippen LogP contribution in [0.1, 0.15) is 5.56 Å². The Bertz CT molecular complexity index is 406. The van der Waals surface area contributed by atoms with Crippen LogP contribution in [-0.2, 0) is 16.0 Å². The molecule has 0 saturated heterocycles. The lowest BCUT2D eigenvalue weighted by Crippen LogP contribution is -2.23. The van der Waals surface area contributed by atoms with Crippen molar-refractivity contribution in [3.8, 4) is 0 Å². The van der Waals surface area contributed by atoms with Crippen LogP contribution in [0.3, 0.4) is 0 Å². The number of amides is 1. The highest BCUT2D eigenvalue weighted by Gasteiger charge is 2.27. The number of carbonyl (C=O) groups is 1. The van der Waals surface area contributed by atoms with E-state index in [-0.39, 0.29) is 0 Å². The fourth-order valence-corrected chi connectivity index (χ4v) is 1.54. The molecular formula is C12H13ClF3NO2. The number of hydrogen-bond donors (Lipinski definition) is 1. The highest BCUT2D eigenvalue weighted by Crippen LogP contribution is 2.14. The minimum absolute atomic E-state index is 0.497. The van der Waals surface area contributed by atoms with Crippen molar-refractivity contribution in [3.63, 3.8) is 0 Å². The number of aryl methyl sites for hydroxylation is 1. The van der Waals surface area contributed by atoms with Gasteiger partial charge in [-0.2, -0.15) is 13.2 Å². The van der Waals surface area contributed by atoms with Crippen molar-refractivity contribution in [3.05, 3.63) is 29.8 Å². The highest BCUT2D eigenvalue weighted by molar-refractivity contribution is 6.17. The quantitative estimate of drug-likeness (QED) is 0.819. The predicted molar refractivity (Wildman–Crippen MR) is 66.4 cm³/mol. The molecule has 106 valence electrons. The normalized spacial score (nSPS) is 11.4. The molecule has 0 aromatic heterocycles. The summed E-state index contributed by atoms with van der Waals surface area (Å²) in [6, 6.07) is 6.89. The number of ether oxygens (including phenoxy) is 1. The van der Waals surface area contributed by atoms with E-state index >= 15 is 0 Å². The monoisotopic (exact) mass is 295 g/mol. The molecule has 0 unspecified atom stereocenters. The molecule has 1 rings (SSSR count). The molecule has 1 N–H and O–H groups in total. The van der Waals surface area contributed by atoms with E-state index in [9.17, 15) is 18.0 Å². The molecule has 7 heteroatoms. The standard InChI is InChI=1S/C12H13ClF3NO2/c13-6-5-9-1-3-10(4-2-9)17-11(18)7-19-8-12(14,15)16/h1-4H,5-8H2,(H,17,18). The van der Waals surface area contributed by atoms with Crippen LogP contribution in [0.15, 0.2) is 24.3 Å². The van der Waals surface area contributed by atoms with Crippen LogP contribution in [0.2, 0.25) is 0 Å². The lowest BCUT2D eigenvalue weighted by molar-refractivity contribution is -0.174. The summed E-state index contributed by atoms with van der Waals surface area (Å²) in [6.45, 7) is -2.07. The molecule has 0 radical (unpaired) electrons. The summed E-state index contributed by atoms with van der Waals surface area (Å²) in [4.78, 5) is 11.3. The van der Waals surface area contributed by atoms with Crippen molar-refractivity contribution in [2.24, 2.45) is 0 Å². The Hall–Kier alpha value is -1.27. The third-order valence-corrected chi connectivity index (χ3v) is 2.31. The second-order valence-electron chi connectivity index (χ2n) is 3.79. The molecule has 0 bridgehead atoms. The fraction of sp³-hybridized carbons (Fsp3) is 0.417. The van der Waals surface area contributed by atoms with E-state index in [2.05, 4.69) is 10.1 Å². The molecular weight excluding hydrogens is 283 g/mol. The first kappa shape index (κ1) is 15.8. The van der Waals surface area contributed by atoms with Gasteiger partial charge in [0, 0.05) is 11.6 Å². The summed E-state index contributed by atoms with van der Waals surface area (Å²) in [5.41, 5.74) is 1.51. The van der Waals surface area contributed by atoms with E-state index in [4.69, 9.17) is 11.6 Å². The van der Waals surface area contributed by atoms with Gasteiger partial charge in [0.2, 0.25) is 5.91 Å². The van der Waals surface area contributed by atoms with Crippen LogP contribution in [0, 0.1) is 0 Å².